The molecule has 0 aliphatic carbocycles. The zero-order valence-electron chi connectivity index (χ0n) is 16.4. The molecule has 5 nitrogen and oxygen atoms in total. The first-order valence-electron chi connectivity index (χ1n) is 9.78. The second kappa shape index (κ2) is 10.3. The molecule has 1 atom stereocenters. The monoisotopic (exact) mass is 415 g/mol. The van der Waals surface area contributed by atoms with E-state index in [-0.39, 0.29) is 29.0 Å². The number of benzene rings is 2. The van der Waals surface area contributed by atoms with Crippen molar-refractivity contribution in [1.82, 2.24) is 10.2 Å². The Morgan fingerprint density at radius 3 is 2.41 bits per heavy atom. The van der Waals surface area contributed by atoms with Gasteiger partial charge in [-0.05, 0) is 49.6 Å². The number of carbonyl (C=O) groups is 2. The molecule has 29 heavy (non-hydrogen) atoms. The summed E-state index contributed by atoms with van der Waals surface area (Å²) in [7, 11) is 0. The molecule has 3 amide bonds. The fourth-order valence-corrected chi connectivity index (χ4v) is 4.18. The van der Waals surface area contributed by atoms with Crippen LogP contribution in [0.2, 0.25) is 0 Å². The summed E-state index contributed by atoms with van der Waals surface area (Å²) in [4.78, 5) is 26.7. The van der Waals surface area contributed by atoms with Crippen LogP contribution in [0.15, 0.2) is 54.6 Å². The average Bonchev–Trinajstić information content (AvgIpc) is 2.74. The van der Waals surface area contributed by atoms with Crippen LogP contribution in [0, 0.1) is 5.82 Å². The summed E-state index contributed by atoms with van der Waals surface area (Å²) in [6.07, 6.45) is 1.44. The van der Waals surface area contributed by atoms with E-state index in [1.807, 2.05) is 30.0 Å². The fourth-order valence-electron chi connectivity index (χ4n) is 3.25. The molecule has 1 fully saturated rings. The predicted octanol–water partition coefficient (Wildman–Crippen LogP) is 4.26. The molecule has 1 aliphatic rings. The van der Waals surface area contributed by atoms with Crippen LogP contribution >= 0.6 is 11.8 Å². The lowest BCUT2D eigenvalue weighted by atomic mass is 10.0. The molecule has 1 heterocycles. The Labute approximate surface area is 175 Å². The van der Waals surface area contributed by atoms with Gasteiger partial charge in [-0.3, -0.25) is 4.79 Å². The van der Waals surface area contributed by atoms with Gasteiger partial charge in [0.2, 0.25) is 5.91 Å². The van der Waals surface area contributed by atoms with E-state index in [9.17, 15) is 14.0 Å². The Morgan fingerprint density at radius 1 is 1.10 bits per heavy atom. The minimum atomic E-state index is -0.343. The SMILES string of the molecule is C[C@H](SCc1ccccc1)C(=O)N1CCC(NC(=O)Nc2ccc(F)cc2)CC1. The first-order chi connectivity index (χ1) is 14.0. The van der Waals surface area contributed by atoms with Crippen LogP contribution in [-0.2, 0) is 10.5 Å². The van der Waals surface area contributed by atoms with E-state index in [0.29, 0.717) is 18.8 Å². The number of carbonyl (C=O) groups excluding carboxylic acids is 2. The van der Waals surface area contributed by atoms with Crippen molar-refractivity contribution < 1.29 is 14.0 Å². The summed E-state index contributed by atoms with van der Waals surface area (Å²) in [6.45, 7) is 3.23. The van der Waals surface area contributed by atoms with Gasteiger partial charge < -0.3 is 15.5 Å². The summed E-state index contributed by atoms with van der Waals surface area (Å²) in [6, 6.07) is 15.5. The van der Waals surface area contributed by atoms with Gasteiger partial charge in [-0.2, -0.15) is 0 Å². The van der Waals surface area contributed by atoms with Gasteiger partial charge >= 0.3 is 6.03 Å². The normalized spacial score (nSPS) is 15.6. The highest BCUT2D eigenvalue weighted by atomic mass is 32.2. The van der Waals surface area contributed by atoms with Gasteiger partial charge in [0, 0.05) is 30.6 Å². The third kappa shape index (κ3) is 6.49. The van der Waals surface area contributed by atoms with Gasteiger partial charge in [0.15, 0.2) is 0 Å². The van der Waals surface area contributed by atoms with Crippen molar-refractivity contribution in [3.63, 3.8) is 0 Å². The number of amides is 3. The van der Waals surface area contributed by atoms with Crippen molar-refractivity contribution in [1.29, 1.82) is 0 Å². The topological polar surface area (TPSA) is 61.4 Å². The zero-order chi connectivity index (χ0) is 20.6. The van der Waals surface area contributed by atoms with Crippen molar-refractivity contribution in [3.05, 3.63) is 66.0 Å². The zero-order valence-corrected chi connectivity index (χ0v) is 17.3. The Bertz CT molecular complexity index is 809. The highest BCUT2D eigenvalue weighted by Gasteiger charge is 2.27. The van der Waals surface area contributed by atoms with E-state index in [4.69, 9.17) is 0 Å². The average molecular weight is 416 g/mol. The highest BCUT2D eigenvalue weighted by Crippen LogP contribution is 2.21. The standard InChI is InChI=1S/C22H26FN3O2S/c1-16(29-15-17-5-3-2-4-6-17)21(27)26-13-11-20(12-14-26)25-22(28)24-19-9-7-18(23)8-10-19/h2-10,16,20H,11-15H2,1H3,(H2,24,25,28)/t16-/m0/s1. The Morgan fingerprint density at radius 2 is 1.76 bits per heavy atom. The van der Waals surface area contributed by atoms with Crippen LogP contribution in [0.5, 0.6) is 0 Å². The van der Waals surface area contributed by atoms with Crippen molar-refractivity contribution in [2.45, 2.75) is 36.8 Å². The molecule has 0 radical (unpaired) electrons. The largest absolute Gasteiger partial charge is 0.342 e. The molecule has 2 N–H and O–H groups in total. The number of halogens is 1. The van der Waals surface area contributed by atoms with Crippen LogP contribution in [0.4, 0.5) is 14.9 Å². The molecule has 7 heteroatoms. The molecular formula is C22H26FN3O2S. The number of piperidine rings is 1. The summed E-state index contributed by atoms with van der Waals surface area (Å²) < 4.78 is 12.9. The van der Waals surface area contributed by atoms with E-state index < -0.39 is 0 Å². The summed E-state index contributed by atoms with van der Waals surface area (Å²) in [5.41, 5.74) is 1.76. The van der Waals surface area contributed by atoms with Gasteiger partial charge in [-0.1, -0.05) is 30.3 Å². The number of likely N-dealkylation sites (tertiary alicyclic amines) is 1. The number of thioether (sulfide) groups is 1. The first-order valence-corrected chi connectivity index (χ1v) is 10.8. The molecule has 0 spiro atoms. The number of hydrogen-bond donors (Lipinski definition) is 2. The number of hydrogen-bond acceptors (Lipinski definition) is 3. The maximum atomic E-state index is 12.9. The van der Waals surface area contributed by atoms with Crippen LogP contribution in [0.1, 0.15) is 25.3 Å². The minimum Gasteiger partial charge on any atom is -0.342 e. The summed E-state index contributed by atoms with van der Waals surface area (Å²) in [5, 5.41) is 5.53. The molecule has 2 aromatic carbocycles. The molecule has 0 unspecified atom stereocenters. The molecule has 0 bridgehead atoms. The number of nitrogens with zero attached hydrogens (tertiary/aromatic N) is 1. The van der Waals surface area contributed by atoms with Crippen LogP contribution in [0.25, 0.3) is 0 Å². The van der Waals surface area contributed by atoms with Gasteiger partial charge in [-0.25, -0.2) is 9.18 Å². The summed E-state index contributed by atoms with van der Waals surface area (Å²) in [5.74, 6) is 0.624. The lowest BCUT2D eigenvalue weighted by molar-refractivity contribution is -0.131. The van der Waals surface area contributed by atoms with E-state index in [1.165, 1.54) is 29.8 Å². The van der Waals surface area contributed by atoms with E-state index in [0.717, 1.165) is 18.6 Å². The van der Waals surface area contributed by atoms with Crippen molar-refractivity contribution >= 4 is 29.4 Å². The maximum absolute atomic E-state index is 12.9. The molecule has 3 rings (SSSR count). The second-order valence-corrected chi connectivity index (χ2v) is 8.47. The maximum Gasteiger partial charge on any atom is 0.319 e. The molecule has 0 aromatic heterocycles. The highest BCUT2D eigenvalue weighted by molar-refractivity contribution is 7.99. The van der Waals surface area contributed by atoms with Gasteiger partial charge in [0.1, 0.15) is 5.82 Å². The Kier molecular flexibility index (Phi) is 7.52. The van der Waals surface area contributed by atoms with E-state index in [2.05, 4.69) is 22.8 Å². The molecule has 1 aliphatic heterocycles. The molecular weight excluding hydrogens is 389 g/mol. The van der Waals surface area contributed by atoms with Gasteiger partial charge in [-0.15, -0.1) is 11.8 Å². The predicted molar refractivity (Wildman–Crippen MR) is 115 cm³/mol. The van der Waals surface area contributed by atoms with E-state index in [1.54, 1.807) is 11.8 Å². The van der Waals surface area contributed by atoms with Crippen LogP contribution < -0.4 is 10.6 Å². The fraction of sp³-hybridized carbons (Fsp3) is 0.364. The lowest BCUT2D eigenvalue weighted by Crippen LogP contribution is -2.49. The number of urea groups is 1. The van der Waals surface area contributed by atoms with Crippen molar-refractivity contribution in [2.75, 3.05) is 18.4 Å². The van der Waals surface area contributed by atoms with Crippen LogP contribution in [0.3, 0.4) is 0 Å². The number of rotatable bonds is 6. The second-order valence-electron chi connectivity index (χ2n) is 7.14. The third-order valence-corrected chi connectivity index (χ3v) is 6.14. The molecule has 154 valence electrons. The Balaban J connectivity index is 1.39. The number of anilines is 1. The van der Waals surface area contributed by atoms with Gasteiger partial charge in [0.05, 0.1) is 5.25 Å². The van der Waals surface area contributed by atoms with Crippen molar-refractivity contribution in [2.24, 2.45) is 0 Å². The molecule has 2 aromatic rings. The van der Waals surface area contributed by atoms with E-state index >= 15 is 0 Å². The molecule has 1 saturated heterocycles. The lowest BCUT2D eigenvalue weighted by Gasteiger charge is -2.33. The molecule has 0 saturated carbocycles. The third-order valence-electron chi connectivity index (χ3n) is 4.93. The van der Waals surface area contributed by atoms with Crippen molar-refractivity contribution in [3.8, 4) is 0 Å². The quantitative estimate of drug-likeness (QED) is 0.741. The summed E-state index contributed by atoms with van der Waals surface area (Å²) >= 11 is 1.65. The van der Waals surface area contributed by atoms with Gasteiger partial charge in [0.25, 0.3) is 0 Å². The smallest absolute Gasteiger partial charge is 0.319 e. The number of nitrogens with one attached hydrogen (secondary N) is 2. The van der Waals surface area contributed by atoms with Crippen LogP contribution in [-0.4, -0.2) is 41.2 Å². The first kappa shape index (κ1) is 21.2. The minimum absolute atomic E-state index is 0.0202. The Hall–Kier alpha value is -2.54.